The SMILES string of the molecule is CC(C)(C)C(NC(=O)COCCCCOc1ccc(-c2ncc(N3C(=S)N(c4ccc(C#N)c(C(F)(F)F)c4F)C(=O)C3(C)C)cc2F)c(C(F)(F)F)c1)C(=O)N1CCC[C@H]1C(=O)Nc1cncs1. The van der Waals surface area contributed by atoms with Gasteiger partial charge >= 0.3 is 12.4 Å². The Balaban J connectivity index is 1.05. The molecular formula is C45H44F8N8O6S2. The second-order valence-corrected chi connectivity index (χ2v) is 18.7. The van der Waals surface area contributed by atoms with Gasteiger partial charge in [-0.2, -0.15) is 31.6 Å². The summed E-state index contributed by atoms with van der Waals surface area (Å²) < 4.78 is 127. The van der Waals surface area contributed by atoms with Crippen molar-refractivity contribution < 1.29 is 63.8 Å². The van der Waals surface area contributed by atoms with Gasteiger partial charge in [0.2, 0.25) is 17.7 Å². The summed E-state index contributed by atoms with van der Waals surface area (Å²) in [5, 5.41) is 14.6. The van der Waals surface area contributed by atoms with Crippen molar-refractivity contribution in [1.82, 2.24) is 20.2 Å². The highest BCUT2D eigenvalue weighted by Crippen LogP contribution is 2.44. The monoisotopic (exact) mass is 1010 g/mol. The van der Waals surface area contributed by atoms with Crippen molar-refractivity contribution in [2.75, 3.05) is 41.5 Å². The van der Waals surface area contributed by atoms with Crippen LogP contribution in [0.1, 0.15) is 77.0 Å². The molecule has 0 saturated carbocycles. The van der Waals surface area contributed by atoms with Crippen LogP contribution in [-0.4, -0.2) is 87.6 Å². The fourth-order valence-corrected chi connectivity index (χ4v) is 8.85. The Morgan fingerprint density at radius 1 is 1.01 bits per heavy atom. The third-order valence-corrected chi connectivity index (χ3v) is 12.2. The van der Waals surface area contributed by atoms with Gasteiger partial charge in [-0.1, -0.05) is 20.8 Å². The zero-order valence-electron chi connectivity index (χ0n) is 37.5. The molecule has 0 bridgehead atoms. The molecule has 2 aliphatic rings. The molecule has 69 heavy (non-hydrogen) atoms. The standard InChI is InChI=1S/C45H44F8N8O6S2/c1-42(2,3)37(39(64)59-14-8-9-31(59)38(63)58-33-21-55-23-69-33)57-32(62)22-66-15-6-7-16-67-26-11-12-27(28(18-26)44(48,49)50)36-29(46)17-25(20-56-36)61-41(68)60(40(65)43(61,4)5)30-13-10-24(19-54)34(35(30)47)45(51,52)53/h10-13,17-18,20-21,23,31,37H,6-9,14-16,22H2,1-5H3,(H,57,62)(H,58,63)/t31-,37?/m0/s1. The lowest BCUT2D eigenvalue weighted by atomic mass is 9.85. The van der Waals surface area contributed by atoms with Crippen LogP contribution in [0.3, 0.4) is 0 Å². The molecule has 0 radical (unpaired) electrons. The number of hydrogen-bond acceptors (Lipinski definition) is 11. The summed E-state index contributed by atoms with van der Waals surface area (Å²) in [6.07, 6.45) is -6.30. The lowest BCUT2D eigenvalue weighted by Gasteiger charge is -2.35. The van der Waals surface area contributed by atoms with E-state index in [-0.39, 0.29) is 37.0 Å². The molecule has 4 amide bonds. The maximum Gasteiger partial charge on any atom is 0.420 e. The van der Waals surface area contributed by atoms with Crippen LogP contribution in [-0.2, 0) is 36.3 Å². The highest BCUT2D eigenvalue weighted by Gasteiger charge is 2.52. The van der Waals surface area contributed by atoms with Gasteiger partial charge in [-0.05, 0) is 87.5 Å². The molecule has 2 saturated heterocycles. The molecule has 4 aromatic rings. The largest absolute Gasteiger partial charge is 0.494 e. The fraction of sp³-hybridized carbons (Fsp3) is 0.422. The number of halogens is 8. The highest BCUT2D eigenvalue weighted by molar-refractivity contribution is 7.81. The molecule has 368 valence electrons. The number of pyridine rings is 1. The maximum absolute atomic E-state index is 15.9. The summed E-state index contributed by atoms with van der Waals surface area (Å²) >= 11 is 6.61. The number of amides is 4. The van der Waals surface area contributed by atoms with Crippen LogP contribution in [0.4, 0.5) is 51.5 Å². The molecule has 2 fully saturated rings. The van der Waals surface area contributed by atoms with Crippen LogP contribution in [0.2, 0.25) is 0 Å². The van der Waals surface area contributed by atoms with E-state index in [4.69, 9.17) is 27.0 Å². The van der Waals surface area contributed by atoms with E-state index in [1.807, 2.05) is 0 Å². The molecule has 2 aromatic heterocycles. The number of likely N-dealkylation sites (tertiary alicyclic amines) is 1. The van der Waals surface area contributed by atoms with Gasteiger partial charge in [-0.3, -0.25) is 34.0 Å². The first kappa shape index (κ1) is 52.1. The molecule has 1 unspecified atom stereocenters. The molecule has 24 heteroatoms. The number of hydrogen-bond donors (Lipinski definition) is 2. The highest BCUT2D eigenvalue weighted by atomic mass is 32.1. The van der Waals surface area contributed by atoms with Crippen molar-refractivity contribution >= 4 is 68.7 Å². The third kappa shape index (κ3) is 11.3. The van der Waals surface area contributed by atoms with E-state index in [2.05, 4.69) is 20.6 Å². The topological polar surface area (TPSA) is 170 Å². The average Bonchev–Trinajstić information content (AvgIpc) is 4.01. The van der Waals surface area contributed by atoms with Crippen molar-refractivity contribution in [2.45, 2.75) is 90.3 Å². The quantitative estimate of drug-likeness (QED) is 0.0664. The second-order valence-electron chi connectivity index (χ2n) is 17.5. The predicted molar refractivity (Wildman–Crippen MR) is 240 cm³/mol. The van der Waals surface area contributed by atoms with Gasteiger partial charge < -0.3 is 29.9 Å². The zero-order valence-corrected chi connectivity index (χ0v) is 39.1. The summed E-state index contributed by atoms with van der Waals surface area (Å²) in [6, 6.07) is 4.48. The molecule has 2 N–H and O–H groups in total. The number of carbonyl (C=O) groups excluding carboxylic acids is 4. The van der Waals surface area contributed by atoms with Gasteiger partial charge in [0.15, 0.2) is 16.7 Å². The lowest BCUT2D eigenvalue weighted by Crippen LogP contribution is -2.57. The van der Waals surface area contributed by atoms with Crippen LogP contribution in [0.15, 0.2) is 54.3 Å². The van der Waals surface area contributed by atoms with E-state index in [0.29, 0.717) is 47.8 Å². The normalized spacial score (nSPS) is 16.7. The van der Waals surface area contributed by atoms with Gasteiger partial charge in [0, 0.05) is 24.8 Å². The molecule has 0 aliphatic carbocycles. The van der Waals surface area contributed by atoms with E-state index in [9.17, 15) is 45.5 Å². The van der Waals surface area contributed by atoms with Crippen molar-refractivity contribution in [1.29, 1.82) is 5.26 Å². The summed E-state index contributed by atoms with van der Waals surface area (Å²) in [4.78, 5) is 63.9. The Hall–Kier alpha value is -6.32. The number of benzene rings is 2. The number of unbranched alkanes of at least 4 members (excludes halogenated alkanes) is 1. The minimum atomic E-state index is -5.33. The van der Waals surface area contributed by atoms with Crippen molar-refractivity contribution in [3.8, 4) is 23.1 Å². The third-order valence-electron chi connectivity index (χ3n) is 11.2. The molecule has 0 spiro atoms. The van der Waals surface area contributed by atoms with Gasteiger partial charge in [0.1, 0.15) is 46.2 Å². The fourth-order valence-electron chi connectivity index (χ4n) is 7.81. The molecule has 2 aromatic carbocycles. The smallest absolute Gasteiger partial charge is 0.420 e. The molecular weight excluding hydrogens is 965 g/mol. The molecule has 6 rings (SSSR count). The van der Waals surface area contributed by atoms with Crippen molar-refractivity contribution in [3.63, 3.8) is 0 Å². The van der Waals surface area contributed by atoms with E-state index in [1.165, 1.54) is 48.4 Å². The first-order valence-electron chi connectivity index (χ1n) is 21.1. The Kier molecular flexibility index (Phi) is 15.3. The van der Waals surface area contributed by atoms with Gasteiger partial charge in [0.25, 0.3) is 5.91 Å². The minimum Gasteiger partial charge on any atom is -0.494 e. The number of alkyl halides is 6. The number of nitriles is 1. The van der Waals surface area contributed by atoms with E-state index in [1.54, 1.807) is 26.3 Å². The average molecular weight is 1010 g/mol. The van der Waals surface area contributed by atoms with Crippen LogP contribution in [0.25, 0.3) is 11.3 Å². The minimum absolute atomic E-state index is 0.0569. The number of thiazole rings is 1. The van der Waals surface area contributed by atoms with Gasteiger partial charge in [-0.15, -0.1) is 11.3 Å². The maximum atomic E-state index is 15.9. The number of rotatable bonds is 15. The second kappa shape index (κ2) is 20.3. The van der Waals surface area contributed by atoms with Gasteiger partial charge in [0.05, 0.1) is 53.1 Å². The van der Waals surface area contributed by atoms with Crippen LogP contribution >= 0.6 is 23.6 Å². The summed E-state index contributed by atoms with van der Waals surface area (Å²) in [5.41, 5.74) is -7.92. The first-order chi connectivity index (χ1) is 32.3. The molecule has 14 nitrogen and oxygen atoms in total. The van der Waals surface area contributed by atoms with Crippen LogP contribution in [0.5, 0.6) is 5.75 Å². The number of aromatic nitrogens is 2. The predicted octanol–water partition coefficient (Wildman–Crippen LogP) is 8.65. The number of ether oxygens (including phenoxy) is 2. The van der Waals surface area contributed by atoms with Crippen molar-refractivity contribution in [2.24, 2.45) is 5.41 Å². The molecule has 2 aliphatic heterocycles. The Labute approximate surface area is 399 Å². The Morgan fingerprint density at radius 2 is 1.72 bits per heavy atom. The Morgan fingerprint density at radius 3 is 2.35 bits per heavy atom. The summed E-state index contributed by atoms with van der Waals surface area (Å²) in [7, 11) is 0. The number of nitrogens with zero attached hydrogens (tertiary/aromatic N) is 6. The summed E-state index contributed by atoms with van der Waals surface area (Å²) in [6.45, 7) is 7.76. The first-order valence-corrected chi connectivity index (χ1v) is 22.4. The number of nitrogens with one attached hydrogen (secondary N) is 2. The summed E-state index contributed by atoms with van der Waals surface area (Å²) in [5.74, 6) is -5.84. The Bertz CT molecular complexity index is 2670. The molecule has 2 atom stereocenters. The van der Waals surface area contributed by atoms with E-state index < -0.39 is 110 Å². The zero-order chi connectivity index (χ0) is 50.8. The molecule has 4 heterocycles. The van der Waals surface area contributed by atoms with E-state index >= 15 is 8.78 Å². The van der Waals surface area contributed by atoms with Gasteiger partial charge in [-0.25, -0.2) is 8.78 Å². The van der Waals surface area contributed by atoms with Crippen molar-refractivity contribution in [3.05, 3.63) is 82.6 Å². The number of anilines is 3. The number of carbonyl (C=O) groups is 4. The lowest BCUT2D eigenvalue weighted by molar-refractivity contribution is -0.143. The van der Waals surface area contributed by atoms with E-state index in [0.717, 1.165) is 29.3 Å². The van der Waals surface area contributed by atoms with Crippen LogP contribution in [0, 0.1) is 28.4 Å². The van der Waals surface area contributed by atoms with Crippen LogP contribution < -0.4 is 25.2 Å². The number of thiocarbonyl (C=S) groups is 1.